The Morgan fingerprint density at radius 1 is 1.29 bits per heavy atom. The summed E-state index contributed by atoms with van der Waals surface area (Å²) in [6.07, 6.45) is 1.77. The molecule has 2 N–H and O–H groups in total. The molecule has 6 heteroatoms. The molecule has 0 aromatic heterocycles. The largest absolute Gasteiger partial charge is 0.496 e. The van der Waals surface area contributed by atoms with Crippen molar-refractivity contribution in [3.63, 3.8) is 0 Å². The Morgan fingerprint density at radius 3 is 2.57 bits per heavy atom. The predicted octanol–water partition coefficient (Wildman–Crippen LogP) is 2.27. The first kappa shape index (κ1) is 17.9. The average molecular weight is 314 g/mol. The molecule has 0 saturated carbocycles. The molecular weight excluding hydrogens is 288 g/mol. The number of sulfonamides is 1. The molecule has 0 fully saturated rings. The number of hydrogen-bond acceptors (Lipinski definition) is 4. The molecule has 0 radical (unpaired) electrons. The Kier molecular flexibility index (Phi) is 7.14. The van der Waals surface area contributed by atoms with Crippen molar-refractivity contribution in [1.29, 1.82) is 0 Å². The van der Waals surface area contributed by atoms with E-state index in [1.54, 1.807) is 25.3 Å². The zero-order valence-corrected chi connectivity index (χ0v) is 14.1. The Labute approximate surface area is 128 Å². The summed E-state index contributed by atoms with van der Waals surface area (Å²) in [5.41, 5.74) is 0.845. The van der Waals surface area contributed by atoms with Crippen molar-refractivity contribution in [1.82, 2.24) is 10.0 Å². The van der Waals surface area contributed by atoms with E-state index in [4.69, 9.17) is 4.74 Å². The maximum Gasteiger partial charge on any atom is 0.240 e. The first-order chi connectivity index (χ1) is 9.94. The lowest BCUT2D eigenvalue weighted by molar-refractivity contribution is 0.407. The van der Waals surface area contributed by atoms with Crippen molar-refractivity contribution >= 4 is 10.0 Å². The second-order valence-electron chi connectivity index (χ2n) is 5.08. The summed E-state index contributed by atoms with van der Waals surface area (Å²) in [6.45, 7) is 7.35. The predicted molar refractivity (Wildman–Crippen MR) is 85.1 cm³/mol. The van der Waals surface area contributed by atoms with E-state index in [0.29, 0.717) is 12.3 Å². The molecule has 0 amide bonds. The standard InChI is InChI=1S/C15H26N2O3S/c1-5-9-16-11-13-10-14(7-8-15(13)20-4)21(18,19)17-12(3)6-2/h7-8,10,12,16-17H,5-6,9,11H2,1-4H3. The van der Waals surface area contributed by atoms with Gasteiger partial charge in [0.05, 0.1) is 12.0 Å². The highest BCUT2D eigenvalue weighted by Gasteiger charge is 2.18. The summed E-state index contributed by atoms with van der Waals surface area (Å²) < 4.78 is 32.6. The first-order valence-corrected chi connectivity index (χ1v) is 8.82. The molecule has 0 bridgehead atoms. The van der Waals surface area contributed by atoms with Gasteiger partial charge in [0.15, 0.2) is 0 Å². The third-order valence-corrected chi connectivity index (χ3v) is 4.86. The van der Waals surface area contributed by atoms with Gasteiger partial charge in [-0.1, -0.05) is 13.8 Å². The summed E-state index contributed by atoms with van der Waals surface area (Å²) in [4.78, 5) is 0.275. The van der Waals surface area contributed by atoms with E-state index in [9.17, 15) is 8.42 Å². The van der Waals surface area contributed by atoms with Gasteiger partial charge in [0.1, 0.15) is 5.75 Å². The van der Waals surface area contributed by atoms with Gasteiger partial charge in [-0.3, -0.25) is 0 Å². The van der Waals surface area contributed by atoms with E-state index >= 15 is 0 Å². The van der Waals surface area contributed by atoms with Crippen molar-refractivity contribution < 1.29 is 13.2 Å². The molecule has 0 heterocycles. The first-order valence-electron chi connectivity index (χ1n) is 7.34. The molecule has 0 spiro atoms. The van der Waals surface area contributed by atoms with Crippen LogP contribution in [0.1, 0.15) is 39.2 Å². The van der Waals surface area contributed by atoms with Crippen LogP contribution in [0.5, 0.6) is 5.75 Å². The molecule has 0 aliphatic carbocycles. The SMILES string of the molecule is CCCNCc1cc(S(=O)(=O)NC(C)CC)ccc1OC. The topological polar surface area (TPSA) is 67.4 Å². The van der Waals surface area contributed by atoms with Gasteiger partial charge in [0.25, 0.3) is 0 Å². The van der Waals surface area contributed by atoms with Crippen molar-refractivity contribution in [2.75, 3.05) is 13.7 Å². The molecule has 0 saturated heterocycles. The minimum Gasteiger partial charge on any atom is -0.496 e. The van der Waals surface area contributed by atoms with Gasteiger partial charge >= 0.3 is 0 Å². The van der Waals surface area contributed by atoms with Crippen LogP contribution in [-0.2, 0) is 16.6 Å². The quantitative estimate of drug-likeness (QED) is 0.686. The molecule has 1 rings (SSSR count). The maximum atomic E-state index is 12.3. The molecule has 0 aliphatic heterocycles. The van der Waals surface area contributed by atoms with Gasteiger partial charge in [-0.2, -0.15) is 0 Å². The van der Waals surface area contributed by atoms with E-state index < -0.39 is 10.0 Å². The van der Waals surface area contributed by atoms with Crippen LogP contribution in [0.4, 0.5) is 0 Å². The van der Waals surface area contributed by atoms with Crippen LogP contribution in [0, 0.1) is 0 Å². The van der Waals surface area contributed by atoms with Gasteiger partial charge < -0.3 is 10.1 Å². The number of ether oxygens (including phenoxy) is 1. The Morgan fingerprint density at radius 2 is 2.00 bits per heavy atom. The normalized spacial score (nSPS) is 13.1. The average Bonchev–Trinajstić information content (AvgIpc) is 2.46. The summed E-state index contributed by atoms with van der Waals surface area (Å²) in [6, 6.07) is 4.87. The highest BCUT2D eigenvalue weighted by atomic mass is 32.2. The zero-order chi connectivity index (χ0) is 15.9. The van der Waals surface area contributed by atoms with Crippen LogP contribution in [0.2, 0.25) is 0 Å². The van der Waals surface area contributed by atoms with E-state index in [0.717, 1.165) is 24.9 Å². The Hall–Kier alpha value is -1.11. The van der Waals surface area contributed by atoms with Gasteiger partial charge in [0.2, 0.25) is 10.0 Å². The molecule has 21 heavy (non-hydrogen) atoms. The summed E-state index contributed by atoms with van der Waals surface area (Å²) in [7, 11) is -1.90. The minimum absolute atomic E-state index is 0.0845. The number of methoxy groups -OCH3 is 1. The molecule has 120 valence electrons. The molecule has 1 aromatic rings. The fraction of sp³-hybridized carbons (Fsp3) is 0.600. The van der Waals surface area contributed by atoms with E-state index in [1.165, 1.54) is 0 Å². The highest BCUT2D eigenvalue weighted by molar-refractivity contribution is 7.89. The van der Waals surface area contributed by atoms with Crippen molar-refractivity contribution in [2.24, 2.45) is 0 Å². The summed E-state index contributed by atoms with van der Waals surface area (Å²) >= 11 is 0. The summed E-state index contributed by atoms with van der Waals surface area (Å²) in [5.74, 6) is 0.695. The zero-order valence-electron chi connectivity index (χ0n) is 13.3. The lowest BCUT2D eigenvalue weighted by Crippen LogP contribution is -2.32. The summed E-state index contributed by atoms with van der Waals surface area (Å²) in [5, 5.41) is 3.26. The van der Waals surface area contributed by atoms with Gasteiger partial charge in [0, 0.05) is 18.2 Å². The lowest BCUT2D eigenvalue weighted by Gasteiger charge is -2.15. The molecule has 0 aliphatic rings. The smallest absolute Gasteiger partial charge is 0.240 e. The van der Waals surface area contributed by atoms with Crippen LogP contribution in [0.15, 0.2) is 23.1 Å². The van der Waals surface area contributed by atoms with Gasteiger partial charge in [-0.05, 0) is 44.5 Å². The third kappa shape index (κ3) is 5.30. The number of hydrogen-bond donors (Lipinski definition) is 2. The molecule has 1 unspecified atom stereocenters. The van der Waals surface area contributed by atoms with E-state index in [-0.39, 0.29) is 10.9 Å². The molecular formula is C15H26N2O3S. The molecule has 1 atom stereocenters. The van der Waals surface area contributed by atoms with Crippen LogP contribution in [0.3, 0.4) is 0 Å². The monoisotopic (exact) mass is 314 g/mol. The highest BCUT2D eigenvalue weighted by Crippen LogP contribution is 2.22. The lowest BCUT2D eigenvalue weighted by atomic mass is 10.2. The second kappa shape index (κ2) is 8.36. The van der Waals surface area contributed by atoms with Crippen molar-refractivity contribution in [3.8, 4) is 5.75 Å². The fourth-order valence-electron chi connectivity index (χ4n) is 1.88. The van der Waals surface area contributed by atoms with Gasteiger partial charge in [-0.25, -0.2) is 13.1 Å². The van der Waals surface area contributed by atoms with E-state index in [2.05, 4.69) is 17.0 Å². The van der Waals surface area contributed by atoms with Crippen molar-refractivity contribution in [3.05, 3.63) is 23.8 Å². The molecule has 5 nitrogen and oxygen atoms in total. The van der Waals surface area contributed by atoms with Crippen LogP contribution in [-0.4, -0.2) is 28.1 Å². The number of nitrogens with one attached hydrogen (secondary N) is 2. The maximum absolute atomic E-state index is 12.3. The van der Waals surface area contributed by atoms with Crippen LogP contribution >= 0.6 is 0 Å². The molecule has 1 aromatic carbocycles. The number of benzene rings is 1. The number of rotatable bonds is 9. The minimum atomic E-state index is -3.48. The Balaban J connectivity index is 3.00. The third-order valence-electron chi connectivity index (χ3n) is 3.27. The van der Waals surface area contributed by atoms with E-state index in [1.807, 2.05) is 13.8 Å². The van der Waals surface area contributed by atoms with Gasteiger partial charge in [-0.15, -0.1) is 0 Å². The van der Waals surface area contributed by atoms with Crippen LogP contribution < -0.4 is 14.8 Å². The fourth-order valence-corrected chi connectivity index (χ4v) is 3.25. The van der Waals surface area contributed by atoms with Crippen molar-refractivity contribution in [2.45, 2.75) is 51.1 Å². The van der Waals surface area contributed by atoms with Crippen LogP contribution in [0.25, 0.3) is 0 Å². The Bertz CT molecular complexity index is 544. The second-order valence-corrected chi connectivity index (χ2v) is 6.79.